The summed E-state index contributed by atoms with van der Waals surface area (Å²) in [5, 5.41) is 0. The van der Waals surface area contributed by atoms with Crippen molar-refractivity contribution in [1.29, 1.82) is 0 Å². The van der Waals surface area contributed by atoms with Crippen LogP contribution in [0.4, 0.5) is 0 Å². The van der Waals surface area contributed by atoms with Crippen molar-refractivity contribution in [2.24, 2.45) is 0 Å². The molecule has 0 saturated heterocycles. The molecule has 1 aromatic carbocycles. The molecular weight excluding hydrogens is 338 g/mol. The fourth-order valence-electron chi connectivity index (χ4n) is 2.25. The molecule has 0 fully saturated rings. The van der Waals surface area contributed by atoms with Gasteiger partial charge in [-0.3, -0.25) is 9.59 Å². The molecule has 0 aliphatic carbocycles. The third kappa shape index (κ3) is 4.64. The van der Waals surface area contributed by atoms with Crippen LogP contribution in [-0.2, 0) is 16.1 Å². The van der Waals surface area contributed by atoms with E-state index in [1.165, 1.54) is 11.3 Å². The van der Waals surface area contributed by atoms with E-state index in [4.69, 9.17) is 9.15 Å². The Kier molecular flexibility index (Phi) is 5.40. The number of benzene rings is 1. The molecule has 0 aliphatic rings. The van der Waals surface area contributed by atoms with E-state index in [2.05, 4.69) is 4.98 Å². The lowest BCUT2D eigenvalue weighted by Crippen LogP contribution is -2.07. The van der Waals surface area contributed by atoms with Crippen molar-refractivity contribution < 1.29 is 18.7 Å². The van der Waals surface area contributed by atoms with Crippen molar-refractivity contribution >= 4 is 23.1 Å². The van der Waals surface area contributed by atoms with Crippen molar-refractivity contribution in [2.45, 2.75) is 26.4 Å². The summed E-state index contributed by atoms with van der Waals surface area (Å²) >= 11 is 1.43. The molecule has 0 bridgehead atoms. The average Bonchev–Trinajstić information content (AvgIpc) is 3.28. The zero-order chi connectivity index (χ0) is 17.6. The van der Waals surface area contributed by atoms with Gasteiger partial charge in [0.1, 0.15) is 0 Å². The van der Waals surface area contributed by atoms with E-state index >= 15 is 0 Å². The minimum atomic E-state index is -0.443. The second-order valence-corrected chi connectivity index (χ2v) is 6.77. The maximum absolute atomic E-state index is 12.0. The molecule has 0 amide bonds. The fraction of sp³-hybridized carbons (Fsp3) is 0.211. The second kappa shape index (κ2) is 7.90. The molecule has 5 nitrogen and oxygen atoms in total. The van der Waals surface area contributed by atoms with Crippen LogP contribution in [0.25, 0.3) is 11.3 Å². The molecule has 0 aliphatic heterocycles. The Labute approximate surface area is 149 Å². The predicted molar refractivity (Wildman–Crippen MR) is 94.4 cm³/mol. The van der Waals surface area contributed by atoms with Gasteiger partial charge in [0.15, 0.2) is 18.2 Å². The van der Waals surface area contributed by atoms with E-state index in [0.29, 0.717) is 16.5 Å². The summed E-state index contributed by atoms with van der Waals surface area (Å²) in [5.41, 5.74) is 0.907. The van der Waals surface area contributed by atoms with Crippen LogP contribution in [0, 0.1) is 6.92 Å². The summed E-state index contributed by atoms with van der Waals surface area (Å²) in [5.74, 6) is 0.459. The number of hydrogen-bond acceptors (Lipinski definition) is 6. The van der Waals surface area contributed by atoms with Gasteiger partial charge < -0.3 is 9.15 Å². The van der Waals surface area contributed by atoms with Gasteiger partial charge in [0.25, 0.3) is 0 Å². The lowest BCUT2D eigenvalue weighted by Gasteiger charge is -2.01. The number of esters is 1. The molecule has 0 spiro atoms. The normalized spacial score (nSPS) is 10.6. The highest BCUT2D eigenvalue weighted by Gasteiger charge is 2.13. The molecule has 0 unspecified atom stereocenters. The number of aromatic nitrogens is 1. The van der Waals surface area contributed by atoms with Gasteiger partial charge >= 0.3 is 5.97 Å². The number of oxazole rings is 1. The van der Waals surface area contributed by atoms with Gasteiger partial charge in [-0.1, -0.05) is 30.3 Å². The van der Waals surface area contributed by atoms with E-state index < -0.39 is 5.97 Å². The fourth-order valence-corrected chi connectivity index (χ4v) is 3.09. The van der Waals surface area contributed by atoms with Crippen molar-refractivity contribution in [3.05, 3.63) is 64.3 Å². The van der Waals surface area contributed by atoms with E-state index in [9.17, 15) is 9.59 Å². The van der Waals surface area contributed by atoms with Crippen molar-refractivity contribution in [1.82, 2.24) is 4.98 Å². The summed E-state index contributed by atoms with van der Waals surface area (Å²) in [7, 11) is 0. The summed E-state index contributed by atoms with van der Waals surface area (Å²) in [6.07, 6.45) is 1.78. The third-order valence-electron chi connectivity index (χ3n) is 3.54. The number of hydrogen-bond donors (Lipinski definition) is 0. The zero-order valence-electron chi connectivity index (χ0n) is 13.7. The summed E-state index contributed by atoms with van der Waals surface area (Å²) in [4.78, 5) is 29.6. The highest BCUT2D eigenvalue weighted by atomic mass is 32.1. The van der Waals surface area contributed by atoms with Crippen molar-refractivity contribution in [2.75, 3.05) is 0 Å². The molecule has 6 heteroatoms. The Bertz CT molecular complexity index is 866. The quantitative estimate of drug-likeness (QED) is 0.463. The summed E-state index contributed by atoms with van der Waals surface area (Å²) in [6.45, 7) is 1.90. The number of carbonyl (C=O) groups is 2. The van der Waals surface area contributed by atoms with Crippen LogP contribution < -0.4 is 0 Å². The Balaban J connectivity index is 1.46. The van der Waals surface area contributed by atoms with Gasteiger partial charge in [0, 0.05) is 16.9 Å². The maximum Gasteiger partial charge on any atom is 0.306 e. The first kappa shape index (κ1) is 17.1. The highest BCUT2D eigenvalue weighted by molar-refractivity contribution is 7.14. The molecule has 0 radical (unpaired) electrons. The molecule has 2 aromatic heterocycles. The number of ether oxygens (including phenoxy) is 1. The van der Waals surface area contributed by atoms with Gasteiger partial charge in [-0.25, -0.2) is 4.98 Å². The lowest BCUT2D eigenvalue weighted by atomic mass is 10.2. The van der Waals surface area contributed by atoms with E-state index in [1.807, 2.05) is 43.3 Å². The number of carbonyl (C=O) groups excluding carboxylic acids is 2. The van der Waals surface area contributed by atoms with Gasteiger partial charge in [-0.15, -0.1) is 11.3 Å². The molecule has 128 valence electrons. The smallest absolute Gasteiger partial charge is 0.306 e. The first-order valence-electron chi connectivity index (χ1n) is 7.87. The highest BCUT2D eigenvalue weighted by Crippen LogP contribution is 2.20. The number of ketones is 1. The van der Waals surface area contributed by atoms with Crippen LogP contribution in [0.2, 0.25) is 0 Å². The van der Waals surface area contributed by atoms with Crippen LogP contribution >= 0.6 is 11.3 Å². The van der Waals surface area contributed by atoms with Gasteiger partial charge in [0.05, 0.1) is 17.5 Å². The first-order chi connectivity index (χ1) is 12.1. The van der Waals surface area contributed by atoms with Crippen LogP contribution in [-0.4, -0.2) is 16.7 Å². The van der Waals surface area contributed by atoms with Crippen molar-refractivity contribution in [3.8, 4) is 11.3 Å². The maximum atomic E-state index is 12.0. The van der Waals surface area contributed by atoms with Crippen molar-refractivity contribution in [3.63, 3.8) is 0 Å². The number of rotatable bonds is 7. The molecule has 3 aromatic rings. The number of aryl methyl sites for hydroxylation is 1. The monoisotopic (exact) mass is 355 g/mol. The van der Waals surface area contributed by atoms with Gasteiger partial charge in [-0.05, 0) is 19.1 Å². The topological polar surface area (TPSA) is 69.4 Å². The summed E-state index contributed by atoms with van der Waals surface area (Å²) < 4.78 is 10.7. The van der Waals surface area contributed by atoms with Crippen LogP contribution in [0.15, 0.2) is 53.1 Å². The standard InChI is InChI=1S/C19H17NO4S/c1-13-7-9-17(25-13)15(21)8-10-19(22)23-12-18-20-11-16(24-18)14-5-3-2-4-6-14/h2-7,9,11H,8,10,12H2,1H3. The number of Topliss-reactive ketones (excluding diaryl/α,β-unsaturated/α-hetero) is 1. The largest absolute Gasteiger partial charge is 0.456 e. The average molecular weight is 355 g/mol. The molecule has 0 N–H and O–H groups in total. The summed E-state index contributed by atoms with van der Waals surface area (Å²) in [6, 6.07) is 13.2. The Morgan fingerprint density at radius 2 is 1.92 bits per heavy atom. The molecule has 0 atom stereocenters. The number of nitrogens with zero attached hydrogens (tertiary/aromatic N) is 1. The third-order valence-corrected chi connectivity index (χ3v) is 4.58. The van der Waals surface area contributed by atoms with E-state index in [1.54, 1.807) is 12.3 Å². The zero-order valence-corrected chi connectivity index (χ0v) is 14.5. The Morgan fingerprint density at radius 3 is 2.64 bits per heavy atom. The Morgan fingerprint density at radius 1 is 1.12 bits per heavy atom. The number of thiophene rings is 1. The minimum Gasteiger partial charge on any atom is -0.456 e. The van der Waals surface area contributed by atoms with Crippen LogP contribution in [0.5, 0.6) is 0 Å². The van der Waals surface area contributed by atoms with E-state index in [0.717, 1.165) is 10.4 Å². The lowest BCUT2D eigenvalue weighted by molar-refractivity contribution is -0.145. The first-order valence-corrected chi connectivity index (χ1v) is 8.69. The molecule has 3 rings (SSSR count). The van der Waals surface area contributed by atoms with Crippen LogP contribution in [0.3, 0.4) is 0 Å². The predicted octanol–water partition coefficient (Wildman–Crippen LogP) is 4.42. The Hall–Kier alpha value is -2.73. The molecule has 2 heterocycles. The van der Waals surface area contributed by atoms with Gasteiger partial charge in [-0.2, -0.15) is 0 Å². The SMILES string of the molecule is Cc1ccc(C(=O)CCC(=O)OCc2ncc(-c3ccccc3)o2)s1. The molecular formula is C19H17NO4S. The van der Waals surface area contributed by atoms with E-state index in [-0.39, 0.29) is 25.2 Å². The molecule has 25 heavy (non-hydrogen) atoms. The second-order valence-electron chi connectivity index (χ2n) is 5.48. The van der Waals surface area contributed by atoms with Gasteiger partial charge in [0.2, 0.25) is 5.89 Å². The molecule has 0 saturated carbocycles. The minimum absolute atomic E-state index is 0.0437. The van der Waals surface area contributed by atoms with Crippen LogP contribution in [0.1, 0.15) is 33.3 Å².